The summed E-state index contributed by atoms with van der Waals surface area (Å²) in [6, 6.07) is 13.9. The average Bonchev–Trinajstić information content (AvgIpc) is 2.89. The van der Waals surface area contributed by atoms with E-state index in [0.29, 0.717) is 5.15 Å². The number of hydrogen-bond donors (Lipinski definition) is 0. The number of benzene rings is 1. The summed E-state index contributed by atoms with van der Waals surface area (Å²) in [6.45, 7) is 0. The van der Waals surface area contributed by atoms with Crippen molar-refractivity contribution in [3.63, 3.8) is 0 Å². The molecule has 0 fully saturated rings. The van der Waals surface area contributed by atoms with Crippen molar-refractivity contribution >= 4 is 22.9 Å². The predicted molar refractivity (Wildman–Crippen MR) is 75.8 cm³/mol. The third-order valence-electron chi connectivity index (χ3n) is 2.55. The van der Waals surface area contributed by atoms with Crippen LogP contribution in [-0.2, 0) is 0 Å². The van der Waals surface area contributed by atoms with Gasteiger partial charge in [0.05, 0.1) is 5.69 Å². The van der Waals surface area contributed by atoms with Gasteiger partial charge in [-0.3, -0.25) is 0 Å². The maximum Gasteiger partial charge on any atom is 0.129 e. The van der Waals surface area contributed by atoms with E-state index < -0.39 is 0 Å². The molecule has 2 nitrogen and oxygen atoms in total. The van der Waals surface area contributed by atoms with Crippen molar-refractivity contribution in [2.75, 3.05) is 0 Å². The van der Waals surface area contributed by atoms with Gasteiger partial charge in [-0.2, -0.15) is 0 Å². The molecule has 0 bridgehead atoms. The Morgan fingerprint density at radius 3 is 2.61 bits per heavy atom. The van der Waals surface area contributed by atoms with Gasteiger partial charge in [0.2, 0.25) is 0 Å². The van der Waals surface area contributed by atoms with Crippen molar-refractivity contribution in [3.8, 4) is 21.8 Å². The highest BCUT2D eigenvalue weighted by Gasteiger charge is 2.06. The average molecular weight is 273 g/mol. The topological polar surface area (TPSA) is 25.8 Å². The molecule has 88 valence electrons. The quantitative estimate of drug-likeness (QED) is 0.641. The van der Waals surface area contributed by atoms with Crippen molar-refractivity contribution in [2.45, 2.75) is 0 Å². The zero-order valence-electron chi connectivity index (χ0n) is 9.38. The van der Waals surface area contributed by atoms with Gasteiger partial charge in [0.25, 0.3) is 0 Å². The fraction of sp³-hybridized carbons (Fsp3) is 0. The number of pyridine rings is 1. The number of hydrogen-bond acceptors (Lipinski definition) is 3. The second-order valence-corrected chi connectivity index (χ2v) is 5.02. The number of nitrogens with zero attached hydrogens (tertiary/aromatic N) is 2. The summed E-state index contributed by atoms with van der Waals surface area (Å²) in [5, 5.41) is 3.50. The van der Waals surface area contributed by atoms with Gasteiger partial charge in [-0.05, 0) is 12.1 Å². The maximum absolute atomic E-state index is 5.88. The normalized spacial score (nSPS) is 10.5. The fourth-order valence-corrected chi connectivity index (χ4v) is 2.68. The van der Waals surface area contributed by atoms with E-state index in [4.69, 9.17) is 11.6 Å². The molecular weight excluding hydrogens is 264 g/mol. The lowest BCUT2D eigenvalue weighted by Gasteiger charge is -1.96. The summed E-state index contributed by atoms with van der Waals surface area (Å²) in [5.74, 6) is 0. The molecule has 4 heteroatoms. The van der Waals surface area contributed by atoms with Crippen LogP contribution in [0.15, 0.2) is 54.0 Å². The number of aromatic nitrogens is 2. The molecule has 2 aromatic heterocycles. The molecule has 0 aliphatic carbocycles. The van der Waals surface area contributed by atoms with E-state index in [9.17, 15) is 0 Å². The fourth-order valence-electron chi connectivity index (χ4n) is 1.68. The van der Waals surface area contributed by atoms with E-state index in [-0.39, 0.29) is 0 Å². The number of rotatable bonds is 2. The molecule has 0 aliphatic heterocycles. The van der Waals surface area contributed by atoms with Gasteiger partial charge in [0.15, 0.2) is 0 Å². The van der Waals surface area contributed by atoms with Crippen molar-refractivity contribution in [1.82, 2.24) is 9.97 Å². The molecule has 0 N–H and O–H groups in total. The van der Waals surface area contributed by atoms with Crippen LogP contribution in [0.3, 0.4) is 0 Å². The van der Waals surface area contributed by atoms with Crippen LogP contribution in [0.4, 0.5) is 0 Å². The third-order valence-corrected chi connectivity index (χ3v) is 3.65. The SMILES string of the molecule is Clc1cc(-c2nc(-c3ccccc3)cs2)ccn1. The zero-order chi connectivity index (χ0) is 12.4. The maximum atomic E-state index is 5.88. The van der Waals surface area contributed by atoms with Gasteiger partial charge < -0.3 is 0 Å². The van der Waals surface area contributed by atoms with Gasteiger partial charge in [0.1, 0.15) is 10.2 Å². The lowest BCUT2D eigenvalue weighted by Crippen LogP contribution is -1.80. The minimum Gasteiger partial charge on any atom is -0.245 e. The lowest BCUT2D eigenvalue weighted by atomic mass is 10.2. The number of thiazole rings is 1. The van der Waals surface area contributed by atoms with Crippen LogP contribution in [0.1, 0.15) is 0 Å². The van der Waals surface area contributed by atoms with Crippen molar-refractivity contribution < 1.29 is 0 Å². The molecule has 3 aromatic rings. The summed E-state index contributed by atoms with van der Waals surface area (Å²) in [5.41, 5.74) is 3.12. The summed E-state index contributed by atoms with van der Waals surface area (Å²) < 4.78 is 0. The molecule has 0 aliphatic rings. The first-order valence-electron chi connectivity index (χ1n) is 5.46. The molecule has 0 saturated carbocycles. The van der Waals surface area contributed by atoms with Crippen LogP contribution in [-0.4, -0.2) is 9.97 Å². The predicted octanol–water partition coefficient (Wildman–Crippen LogP) is 4.53. The molecule has 0 amide bonds. The van der Waals surface area contributed by atoms with Crippen LogP contribution in [0.25, 0.3) is 21.8 Å². The Kier molecular flexibility index (Phi) is 3.09. The van der Waals surface area contributed by atoms with E-state index in [1.807, 2.05) is 30.3 Å². The van der Waals surface area contributed by atoms with Crippen LogP contribution in [0.5, 0.6) is 0 Å². The molecule has 2 heterocycles. The minimum absolute atomic E-state index is 0.490. The Bertz CT molecular complexity index is 664. The van der Waals surface area contributed by atoms with Crippen molar-refractivity contribution in [3.05, 3.63) is 59.2 Å². The van der Waals surface area contributed by atoms with E-state index >= 15 is 0 Å². The first-order valence-corrected chi connectivity index (χ1v) is 6.71. The first kappa shape index (κ1) is 11.4. The molecule has 0 spiro atoms. The highest BCUT2D eigenvalue weighted by molar-refractivity contribution is 7.13. The minimum atomic E-state index is 0.490. The van der Waals surface area contributed by atoms with E-state index in [0.717, 1.165) is 21.8 Å². The molecule has 0 saturated heterocycles. The summed E-state index contributed by atoms with van der Waals surface area (Å²) >= 11 is 7.49. The van der Waals surface area contributed by atoms with Crippen LogP contribution < -0.4 is 0 Å². The second-order valence-electron chi connectivity index (χ2n) is 3.77. The van der Waals surface area contributed by atoms with Gasteiger partial charge in [0, 0.05) is 22.7 Å². The Hall–Kier alpha value is -1.71. The molecule has 0 atom stereocenters. The first-order chi connectivity index (χ1) is 8.83. The Morgan fingerprint density at radius 1 is 1.00 bits per heavy atom. The van der Waals surface area contributed by atoms with Gasteiger partial charge in [-0.1, -0.05) is 41.9 Å². The Morgan fingerprint density at radius 2 is 1.83 bits per heavy atom. The van der Waals surface area contributed by atoms with E-state index in [1.54, 1.807) is 17.5 Å². The smallest absolute Gasteiger partial charge is 0.129 e. The monoisotopic (exact) mass is 272 g/mol. The molecule has 3 rings (SSSR count). The molecule has 18 heavy (non-hydrogen) atoms. The largest absolute Gasteiger partial charge is 0.245 e. The standard InChI is InChI=1S/C14H9ClN2S/c15-13-8-11(6-7-16-13)14-17-12(9-18-14)10-4-2-1-3-5-10/h1-9H. The Balaban J connectivity index is 2.00. The molecule has 0 unspecified atom stereocenters. The highest BCUT2D eigenvalue weighted by Crippen LogP contribution is 2.29. The van der Waals surface area contributed by atoms with Gasteiger partial charge in [-0.25, -0.2) is 9.97 Å². The van der Waals surface area contributed by atoms with Crippen molar-refractivity contribution in [2.24, 2.45) is 0 Å². The highest BCUT2D eigenvalue weighted by atomic mass is 35.5. The third kappa shape index (κ3) is 2.28. The number of halogens is 1. The van der Waals surface area contributed by atoms with E-state index in [1.165, 1.54) is 0 Å². The summed E-state index contributed by atoms with van der Waals surface area (Å²) in [4.78, 5) is 8.60. The van der Waals surface area contributed by atoms with Crippen LogP contribution >= 0.6 is 22.9 Å². The lowest BCUT2D eigenvalue weighted by molar-refractivity contribution is 1.32. The molecule has 0 radical (unpaired) electrons. The van der Waals surface area contributed by atoms with Crippen molar-refractivity contribution in [1.29, 1.82) is 0 Å². The summed E-state index contributed by atoms with van der Waals surface area (Å²) in [6.07, 6.45) is 1.70. The molecular formula is C14H9ClN2S. The van der Waals surface area contributed by atoms with E-state index in [2.05, 4.69) is 27.5 Å². The Labute approximate surface area is 114 Å². The van der Waals surface area contributed by atoms with Gasteiger partial charge in [-0.15, -0.1) is 11.3 Å². The zero-order valence-corrected chi connectivity index (χ0v) is 10.9. The molecule has 1 aromatic carbocycles. The van der Waals surface area contributed by atoms with Crippen LogP contribution in [0, 0.1) is 0 Å². The summed E-state index contributed by atoms with van der Waals surface area (Å²) in [7, 11) is 0. The van der Waals surface area contributed by atoms with Gasteiger partial charge >= 0.3 is 0 Å². The second kappa shape index (κ2) is 4.88. The van der Waals surface area contributed by atoms with Crippen LogP contribution in [0.2, 0.25) is 5.15 Å².